The molecule has 1 N–H and O–H groups in total. The van der Waals surface area contributed by atoms with E-state index in [0.717, 1.165) is 16.8 Å². The van der Waals surface area contributed by atoms with Gasteiger partial charge in [-0.25, -0.2) is 9.78 Å². The molecule has 1 aromatic carbocycles. The molecule has 0 unspecified atom stereocenters. The SMILES string of the molecule is Cc1cccc(C(=O)N2Cc3ccccc3C[C@H]2C(=O)O)n1. The second-order valence-corrected chi connectivity index (χ2v) is 5.42. The minimum absolute atomic E-state index is 0.283. The highest BCUT2D eigenvalue weighted by Crippen LogP contribution is 2.24. The van der Waals surface area contributed by atoms with Crippen molar-refractivity contribution in [3.63, 3.8) is 0 Å². The number of carboxylic acid groups (broad SMARTS) is 1. The van der Waals surface area contributed by atoms with Gasteiger partial charge in [-0.05, 0) is 30.2 Å². The Balaban J connectivity index is 1.97. The zero-order chi connectivity index (χ0) is 15.7. The molecule has 1 atom stereocenters. The highest BCUT2D eigenvalue weighted by molar-refractivity contribution is 5.95. The number of hydrogen-bond acceptors (Lipinski definition) is 3. The first-order valence-electron chi connectivity index (χ1n) is 7.10. The van der Waals surface area contributed by atoms with Crippen LogP contribution in [0.15, 0.2) is 42.5 Å². The molecule has 112 valence electrons. The molecule has 0 fully saturated rings. The van der Waals surface area contributed by atoms with Crippen molar-refractivity contribution in [2.24, 2.45) is 0 Å². The Kier molecular flexibility index (Phi) is 3.63. The van der Waals surface area contributed by atoms with E-state index in [1.807, 2.05) is 24.3 Å². The van der Waals surface area contributed by atoms with E-state index in [0.29, 0.717) is 13.0 Å². The van der Waals surface area contributed by atoms with Gasteiger partial charge in [-0.15, -0.1) is 0 Å². The average Bonchev–Trinajstić information content (AvgIpc) is 2.52. The third kappa shape index (κ3) is 2.57. The van der Waals surface area contributed by atoms with Crippen LogP contribution in [0.5, 0.6) is 0 Å². The van der Waals surface area contributed by atoms with Gasteiger partial charge in [0.2, 0.25) is 0 Å². The molecular formula is C17H16N2O3. The van der Waals surface area contributed by atoms with Crippen molar-refractivity contribution >= 4 is 11.9 Å². The lowest BCUT2D eigenvalue weighted by atomic mass is 9.93. The fourth-order valence-corrected chi connectivity index (χ4v) is 2.77. The summed E-state index contributed by atoms with van der Waals surface area (Å²) in [6.45, 7) is 2.10. The van der Waals surface area contributed by atoms with E-state index in [1.165, 1.54) is 4.90 Å². The van der Waals surface area contributed by atoms with Crippen LogP contribution in [0.3, 0.4) is 0 Å². The second kappa shape index (κ2) is 5.60. The number of aryl methyl sites for hydroxylation is 1. The number of hydrogen-bond donors (Lipinski definition) is 1. The number of fused-ring (bicyclic) bond motifs is 1. The van der Waals surface area contributed by atoms with Crippen molar-refractivity contribution < 1.29 is 14.7 Å². The van der Waals surface area contributed by atoms with E-state index in [4.69, 9.17) is 0 Å². The predicted octanol–water partition coefficient (Wildman–Crippen LogP) is 2.04. The van der Waals surface area contributed by atoms with Crippen LogP contribution in [-0.2, 0) is 17.8 Å². The maximum absolute atomic E-state index is 12.7. The lowest BCUT2D eigenvalue weighted by molar-refractivity contribution is -0.142. The molecule has 1 aliphatic heterocycles. The van der Waals surface area contributed by atoms with Crippen LogP contribution in [0.4, 0.5) is 0 Å². The smallest absolute Gasteiger partial charge is 0.326 e. The van der Waals surface area contributed by atoms with Crippen molar-refractivity contribution in [2.45, 2.75) is 25.9 Å². The number of carbonyl (C=O) groups is 2. The fourth-order valence-electron chi connectivity index (χ4n) is 2.77. The molecule has 2 heterocycles. The summed E-state index contributed by atoms with van der Waals surface area (Å²) < 4.78 is 0. The van der Waals surface area contributed by atoms with Gasteiger partial charge >= 0.3 is 5.97 Å². The fraction of sp³-hybridized carbons (Fsp3) is 0.235. The quantitative estimate of drug-likeness (QED) is 0.920. The summed E-state index contributed by atoms with van der Waals surface area (Å²) >= 11 is 0. The molecular weight excluding hydrogens is 280 g/mol. The van der Waals surface area contributed by atoms with Gasteiger partial charge in [-0.2, -0.15) is 0 Å². The Morgan fingerprint density at radius 1 is 1.14 bits per heavy atom. The first-order valence-corrected chi connectivity index (χ1v) is 7.10. The number of aromatic nitrogens is 1. The molecule has 1 aromatic heterocycles. The number of carboxylic acids is 1. The highest BCUT2D eigenvalue weighted by Gasteiger charge is 2.35. The second-order valence-electron chi connectivity index (χ2n) is 5.42. The lowest BCUT2D eigenvalue weighted by Gasteiger charge is -2.34. The topological polar surface area (TPSA) is 70.5 Å². The van der Waals surface area contributed by atoms with Gasteiger partial charge < -0.3 is 10.0 Å². The van der Waals surface area contributed by atoms with E-state index in [-0.39, 0.29) is 11.6 Å². The maximum atomic E-state index is 12.7. The molecule has 0 saturated carbocycles. The molecule has 0 aliphatic carbocycles. The first-order chi connectivity index (χ1) is 10.6. The van der Waals surface area contributed by atoms with Crippen molar-refractivity contribution in [1.82, 2.24) is 9.88 Å². The first kappa shape index (κ1) is 14.3. The van der Waals surface area contributed by atoms with Gasteiger partial charge in [-0.1, -0.05) is 30.3 Å². The van der Waals surface area contributed by atoms with Gasteiger partial charge in [0.25, 0.3) is 5.91 Å². The minimum atomic E-state index is -0.990. The molecule has 1 amide bonds. The van der Waals surface area contributed by atoms with Crippen LogP contribution in [-0.4, -0.2) is 32.9 Å². The molecule has 1 aliphatic rings. The van der Waals surface area contributed by atoms with Crippen molar-refractivity contribution in [3.8, 4) is 0 Å². The molecule has 0 spiro atoms. The highest BCUT2D eigenvalue weighted by atomic mass is 16.4. The molecule has 3 rings (SSSR count). The Bertz CT molecular complexity index is 742. The summed E-state index contributed by atoms with van der Waals surface area (Å²) in [5.74, 6) is -1.33. The third-order valence-corrected chi connectivity index (χ3v) is 3.90. The Hall–Kier alpha value is -2.69. The molecule has 22 heavy (non-hydrogen) atoms. The van der Waals surface area contributed by atoms with Crippen LogP contribution in [0, 0.1) is 6.92 Å². The monoisotopic (exact) mass is 296 g/mol. The molecule has 2 aromatic rings. The number of rotatable bonds is 2. The average molecular weight is 296 g/mol. The minimum Gasteiger partial charge on any atom is -0.480 e. The van der Waals surface area contributed by atoms with E-state index < -0.39 is 12.0 Å². The standard InChI is InChI=1S/C17H16N2O3/c1-11-5-4-8-14(18-11)16(20)19-10-13-7-3-2-6-12(13)9-15(19)17(21)22/h2-8,15H,9-10H2,1H3,(H,21,22)/t15-/m0/s1. The van der Waals surface area contributed by atoms with Crippen LogP contribution < -0.4 is 0 Å². The van der Waals surface area contributed by atoms with Crippen LogP contribution >= 0.6 is 0 Å². The Morgan fingerprint density at radius 2 is 1.86 bits per heavy atom. The normalized spacial score (nSPS) is 17.0. The number of pyridine rings is 1. The van der Waals surface area contributed by atoms with E-state index in [9.17, 15) is 14.7 Å². The van der Waals surface area contributed by atoms with Gasteiger partial charge in [0.1, 0.15) is 11.7 Å². The molecule has 0 saturated heterocycles. The Labute approximate surface area is 128 Å². The van der Waals surface area contributed by atoms with Crippen LogP contribution in [0.2, 0.25) is 0 Å². The number of amides is 1. The van der Waals surface area contributed by atoms with E-state index in [1.54, 1.807) is 25.1 Å². The van der Waals surface area contributed by atoms with E-state index in [2.05, 4.69) is 4.98 Å². The number of carbonyl (C=O) groups excluding carboxylic acids is 1. The van der Waals surface area contributed by atoms with Gasteiger partial charge in [-0.3, -0.25) is 4.79 Å². The predicted molar refractivity (Wildman–Crippen MR) is 80.4 cm³/mol. The summed E-state index contributed by atoms with van der Waals surface area (Å²) in [7, 11) is 0. The summed E-state index contributed by atoms with van der Waals surface area (Å²) in [5, 5.41) is 9.47. The maximum Gasteiger partial charge on any atom is 0.326 e. The zero-order valence-corrected chi connectivity index (χ0v) is 12.2. The molecule has 0 radical (unpaired) electrons. The van der Waals surface area contributed by atoms with E-state index >= 15 is 0 Å². The van der Waals surface area contributed by atoms with Gasteiger partial charge in [0.15, 0.2) is 0 Å². The number of aliphatic carboxylic acids is 1. The van der Waals surface area contributed by atoms with Crippen molar-refractivity contribution in [3.05, 3.63) is 65.0 Å². The summed E-state index contributed by atoms with van der Waals surface area (Å²) in [6, 6.07) is 11.9. The number of benzene rings is 1. The van der Waals surface area contributed by atoms with Crippen LogP contribution in [0.25, 0.3) is 0 Å². The van der Waals surface area contributed by atoms with Gasteiger partial charge in [0.05, 0.1) is 0 Å². The summed E-state index contributed by atoms with van der Waals surface area (Å²) in [4.78, 5) is 29.8. The zero-order valence-electron chi connectivity index (χ0n) is 12.2. The van der Waals surface area contributed by atoms with Gasteiger partial charge in [0, 0.05) is 18.7 Å². The molecule has 5 heteroatoms. The lowest BCUT2D eigenvalue weighted by Crippen LogP contribution is -2.48. The molecule has 5 nitrogen and oxygen atoms in total. The Morgan fingerprint density at radius 3 is 2.55 bits per heavy atom. The largest absolute Gasteiger partial charge is 0.480 e. The van der Waals surface area contributed by atoms with Crippen molar-refractivity contribution in [1.29, 1.82) is 0 Å². The van der Waals surface area contributed by atoms with Crippen molar-refractivity contribution in [2.75, 3.05) is 0 Å². The van der Waals surface area contributed by atoms with Crippen LogP contribution in [0.1, 0.15) is 27.3 Å². The third-order valence-electron chi connectivity index (χ3n) is 3.90. The summed E-state index contributed by atoms with van der Waals surface area (Å²) in [6.07, 6.45) is 0.322. The summed E-state index contributed by atoms with van der Waals surface area (Å²) in [5.41, 5.74) is 2.98. The number of nitrogens with zero attached hydrogens (tertiary/aromatic N) is 2. The molecule has 0 bridgehead atoms.